The molecule has 0 heterocycles. The maximum atomic E-state index is 3.58. The molecule has 96 valence electrons. The summed E-state index contributed by atoms with van der Waals surface area (Å²) in [5.74, 6) is 0. The highest BCUT2D eigenvalue weighted by Crippen LogP contribution is 2.28. The van der Waals surface area contributed by atoms with E-state index >= 15 is 0 Å². The van der Waals surface area contributed by atoms with E-state index in [2.05, 4.69) is 38.0 Å². The molecular formula is C14H30N2. The van der Waals surface area contributed by atoms with Gasteiger partial charge in [-0.3, -0.25) is 0 Å². The lowest BCUT2D eigenvalue weighted by Gasteiger charge is -2.41. The Kier molecular flexibility index (Phi) is 5.77. The molecule has 0 aliphatic heterocycles. The molecule has 0 saturated heterocycles. The highest BCUT2D eigenvalue weighted by Gasteiger charge is 2.29. The van der Waals surface area contributed by atoms with Crippen molar-refractivity contribution in [3.63, 3.8) is 0 Å². The van der Waals surface area contributed by atoms with Gasteiger partial charge in [0.05, 0.1) is 0 Å². The van der Waals surface area contributed by atoms with Crippen molar-refractivity contribution in [1.82, 2.24) is 10.2 Å². The minimum Gasteiger partial charge on any atom is -0.316 e. The molecule has 0 radical (unpaired) electrons. The lowest BCUT2D eigenvalue weighted by Crippen LogP contribution is -2.46. The second-order valence-electron chi connectivity index (χ2n) is 5.84. The quantitative estimate of drug-likeness (QED) is 0.640. The van der Waals surface area contributed by atoms with Crippen LogP contribution >= 0.6 is 0 Å². The summed E-state index contributed by atoms with van der Waals surface area (Å²) in [5.41, 5.74) is 0.444. The summed E-state index contributed by atoms with van der Waals surface area (Å²) in [6, 6.07) is 0.872. The molecule has 0 amide bonds. The van der Waals surface area contributed by atoms with Crippen molar-refractivity contribution in [2.24, 2.45) is 5.41 Å². The van der Waals surface area contributed by atoms with E-state index in [-0.39, 0.29) is 0 Å². The van der Waals surface area contributed by atoms with Gasteiger partial charge in [-0.2, -0.15) is 0 Å². The normalized spacial score (nSPS) is 20.8. The average Bonchev–Trinajstić information content (AvgIpc) is 2.15. The number of hydrogen-bond donors (Lipinski definition) is 1. The van der Waals surface area contributed by atoms with Crippen molar-refractivity contribution in [1.29, 1.82) is 0 Å². The molecule has 1 aliphatic carbocycles. The van der Waals surface area contributed by atoms with Crippen LogP contribution < -0.4 is 5.32 Å². The zero-order chi connectivity index (χ0) is 12.0. The molecule has 0 aromatic carbocycles. The predicted molar refractivity (Wildman–Crippen MR) is 71.8 cm³/mol. The summed E-state index contributed by atoms with van der Waals surface area (Å²) in [4.78, 5) is 2.58. The first-order valence-electron chi connectivity index (χ1n) is 7.02. The number of hydrogen-bond acceptors (Lipinski definition) is 2. The maximum Gasteiger partial charge on any atom is 0.00924 e. The van der Waals surface area contributed by atoms with Crippen molar-refractivity contribution >= 4 is 0 Å². The van der Waals surface area contributed by atoms with Crippen molar-refractivity contribution in [3.05, 3.63) is 0 Å². The minimum atomic E-state index is 0.444. The molecule has 1 rings (SSSR count). The Labute approximate surface area is 102 Å². The van der Waals surface area contributed by atoms with E-state index in [1.54, 1.807) is 0 Å². The van der Waals surface area contributed by atoms with Gasteiger partial charge in [-0.15, -0.1) is 0 Å². The van der Waals surface area contributed by atoms with Crippen molar-refractivity contribution in [2.45, 2.75) is 58.9 Å². The predicted octanol–water partition coefficient (Wildman–Crippen LogP) is 2.89. The Morgan fingerprint density at radius 2 is 2.00 bits per heavy atom. The van der Waals surface area contributed by atoms with Crippen LogP contribution in [0.15, 0.2) is 0 Å². The van der Waals surface area contributed by atoms with Crippen LogP contribution in [-0.4, -0.2) is 37.6 Å². The zero-order valence-electron chi connectivity index (χ0n) is 11.7. The molecule has 2 heteroatoms. The van der Waals surface area contributed by atoms with Crippen LogP contribution in [0.5, 0.6) is 0 Å². The van der Waals surface area contributed by atoms with Gasteiger partial charge in [0.15, 0.2) is 0 Å². The summed E-state index contributed by atoms with van der Waals surface area (Å²) < 4.78 is 0. The van der Waals surface area contributed by atoms with Crippen molar-refractivity contribution in [2.75, 3.05) is 26.7 Å². The van der Waals surface area contributed by atoms with E-state index in [1.165, 1.54) is 38.6 Å². The molecule has 1 unspecified atom stereocenters. The van der Waals surface area contributed by atoms with Gasteiger partial charge < -0.3 is 10.2 Å². The van der Waals surface area contributed by atoms with Gasteiger partial charge >= 0.3 is 0 Å². The molecule has 1 saturated carbocycles. The lowest BCUT2D eigenvalue weighted by molar-refractivity contribution is 0.0978. The summed E-state index contributed by atoms with van der Waals surface area (Å²) in [6.07, 6.45) is 6.77. The van der Waals surface area contributed by atoms with Crippen molar-refractivity contribution < 1.29 is 0 Å². The fourth-order valence-electron chi connectivity index (χ4n) is 2.42. The fourth-order valence-corrected chi connectivity index (χ4v) is 2.42. The molecule has 1 atom stereocenters. The van der Waals surface area contributed by atoms with Crippen LogP contribution in [0.3, 0.4) is 0 Å². The topological polar surface area (TPSA) is 15.3 Å². The van der Waals surface area contributed by atoms with Gasteiger partial charge in [0.2, 0.25) is 0 Å². The Morgan fingerprint density at radius 3 is 2.44 bits per heavy atom. The van der Waals surface area contributed by atoms with E-state index in [0.717, 1.165) is 19.1 Å². The molecule has 1 N–H and O–H groups in total. The second kappa shape index (κ2) is 6.61. The standard InChI is InChI=1S/C14H30N2/c1-5-10-15-11-14(3,6-2)12-16(4)13-8-7-9-13/h13,15H,5-12H2,1-4H3. The van der Waals surface area contributed by atoms with E-state index in [0.29, 0.717) is 5.41 Å². The summed E-state index contributed by atoms with van der Waals surface area (Å²) in [7, 11) is 2.30. The van der Waals surface area contributed by atoms with Gasteiger partial charge in [0.1, 0.15) is 0 Å². The maximum absolute atomic E-state index is 3.58. The Balaban J connectivity index is 2.32. The molecule has 2 nitrogen and oxygen atoms in total. The monoisotopic (exact) mass is 226 g/mol. The van der Waals surface area contributed by atoms with Gasteiger partial charge in [-0.1, -0.05) is 27.2 Å². The highest BCUT2D eigenvalue weighted by molar-refractivity contribution is 4.84. The van der Waals surface area contributed by atoms with Crippen LogP contribution in [0, 0.1) is 5.41 Å². The van der Waals surface area contributed by atoms with Crippen LogP contribution in [0.25, 0.3) is 0 Å². The second-order valence-corrected chi connectivity index (χ2v) is 5.84. The van der Waals surface area contributed by atoms with E-state index < -0.39 is 0 Å². The summed E-state index contributed by atoms with van der Waals surface area (Å²) in [6.45, 7) is 10.5. The van der Waals surface area contributed by atoms with Crippen LogP contribution in [0.2, 0.25) is 0 Å². The van der Waals surface area contributed by atoms with Crippen LogP contribution in [-0.2, 0) is 0 Å². The molecule has 0 bridgehead atoms. The van der Waals surface area contributed by atoms with Crippen LogP contribution in [0.4, 0.5) is 0 Å². The molecule has 1 aliphatic rings. The van der Waals surface area contributed by atoms with Gasteiger partial charge in [0, 0.05) is 19.1 Å². The first-order valence-corrected chi connectivity index (χ1v) is 7.02. The van der Waals surface area contributed by atoms with E-state index in [9.17, 15) is 0 Å². The summed E-state index contributed by atoms with van der Waals surface area (Å²) in [5, 5.41) is 3.58. The Hall–Kier alpha value is -0.0800. The lowest BCUT2D eigenvalue weighted by atomic mass is 9.84. The molecular weight excluding hydrogens is 196 g/mol. The zero-order valence-corrected chi connectivity index (χ0v) is 11.7. The average molecular weight is 226 g/mol. The third-order valence-electron chi connectivity index (χ3n) is 4.16. The van der Waals surface area contributed by atoms with Crippen LogP contribution in [0.1, 0.15) is 52.9 Å². The first kappa shape index (κ1) is 14.0. The highest BCUT2D eigenvalue weighted by atomic mass is 15.1. The molecule has 0 spiro atoms. The third kappa shape index (κ3) is 4.06. The van der Waals surface area contributed by atoms with E-state index in [1.807, 2.05) is 0 Å². The smallest absolute Gasteiger partial charge is 0.00924 e. The molecule has 1 fully saturated rings. The van der Waals surface area contributed by atoms with Gasteiger partial charge in [-0.05, 0) is 44.7 Å². The number of nitrogens with one attached hydrogen (secondary N) is 1. The number of nitrogens with zero attached hydrogens (tertiary/aromatic N) is 1. The molecule has 16 heavy (non-hydrogen) atoms. The van der Waals surface area contributed by atoms with Crippen molar-refractivity contribution in [3.8, 4) is 0 Å². The largest absolute Gasteiger partial charge is 0.316 e. The Morgan fingerprint density at radius 1 is 1.31 bits per heavy atom. The Bertz CT molecular complexity index is 189. The van der Waals surface area contributed by atoms with Gasteiger partial charge in [0.25, 0.3) is 0 Å². The first-order chi connectivity index (χ1) is 7.61. The van der Waals surface area contributed by atoms with Gasteiger partial charge in [-0.25, -0.2) is 0 Å². The number of rotatable bonds is 8. The minimum absolute atomic E-state index is 0.444. The fraction of sp³-hybridized carbons (Fsp3) is 1.00. The molecule has 0 aromatic heterocycles. The summed E-state index contributed by atoms with van der Waals surface area (Å²) >= 11 is 0. The van der Waals surface area contributed by atoms with E-state index in [4.69, 9.17) is 0 Å². The molecule has 0 aromatic rings. The SMILES string of the molecule is CCCNCC(C)(CC)CN(C)C1CCC1. The third-order valence-corrected chi connectivity index (χ3v) is 4.16.